The first-order chi connectivity index (χ1) is 13.3. The topological polar surface area (TPSA) is 74.9 Å². The number of nitroso groups, excluding NO2 is 1. The molecule has 1 aliphatic heterocycles. The molecule has 142 valence electrons. The number of pyridine rings is 1. The lowest BCUT2D eigenvalue weighted by Crippen LogP contribution is -2.36. The highest BCUT2D eigenvalue weighted by molar-refractivity contribution is 5.97. The number of nitrogens with zero attached hydrogens (tertiary/aromatic N) is 3. The van der Waals surface area contributed by atoms with Gasteiger partial charge in [-0.25, -0.2) is 5.43 Å². The minimum absolute atomic E-state index is 0.185. The van der Waals surface area contributed by atoms with Crippen LogP contribution in [0.3, 0.4) is 0 Å². The number of carbonyl (C=O) groups excluding carboxylic acids is 1. The monoisotopic (exact) mass is 369 g/mol. The Balaban J connectivity index is 1.50. The standard InChI is InChI=1S/C20H24N4O3/c25-20(17-6-2-1-3-7-17)18-9-12-23(13-10-18)15-27-16-24-11-5-4-8-19(24)14-21-22-26/h4-5,8-14,17H,1-3,6-7,15-16H2/p+1/b19-14+. The number of hydrogen-bond donors (Lipinski definition) is 1. The lowest BCUT2D eigenvalue weighted by molar-refractivity contribution is -0.733. The zero-order valence-electron chi connectivity index (χ0n) is 15.3. The van der Waals surface area contributed by atoms with E-state index in [4.69, 9.17) is 4.74 Å². The van der Waals surface area contributed by atoms with Gasteiger partial charge in [-0.3, -0.25) is 4.79 Å². The largest absolute Gasteiger partial charge is 0.323 e. The summed E-state index contributed by atoms with van der Waals surface area (Å²) in [5.41, 5.74) is 3.84. The molecule has 0 spiro atoms. The molecule has 1 saturated carbocycles. The lowest BCUT2D eigenvalue weighted by Gasteiger charge is -2.22. The molecule has 1 aromatic rings. The zero-order valence-corrected chi connectivity index (χ0v) is 15.3. The van der Waals surface area contributed by atoms with Crippen molar-refractivity contribution in [1.29, 1.82) is 0 Å². The molecule has 1 fully saturated rings. The molecule has 0 radical (unpaired) electrons. The van der Waals surface area contributed by atoms with Gasteiger partial charge in [-0.05, 0) is 25.0 Å². The Labute approximate surface area is 159 Å². The third kappa shape index (κ3) is 5.34. The number of carbonyl (C=O) groups is 1. The van der Waals surface area contributed by atoms with Crippen LogP contribution in [0, 0.1) is 10.8 Å². The molecule has 7 nitrogen and oxygen atoms in total. The zero-order chi connectivity index (χ0) is 18.9. The Hall–Kier alpha value is -2.80. The normalized spacial score (nSPS) is 18.7. The molecular weight excluding hydrogens is 344 g/mol. The molecule has 0 atom stereocenters. The molecule has 1 aliphatic carbocycles. The fraction of sp³-hybridized carbons (Fsp3) is 0.400. The third-order valence-electron chi connectivity index (χ3n) is 4.86. The summed E-state index contributed by atoms with van der Waals surface area (Å²) in [5, 5.41) is 2.61. The second-order valence-corrected chi connectivity index (χ2v) is 6.72. The minimum atomic E-state index is 0.185. The van der Waals surface area contributed by atoms with E-state index in [1.165, 1.54) is 12.6 Å². The van der Waals surface area contributed by atoms with Crippen molar-refractivity contribution in [2.75, 3.05) is 6.73 Å². The van der Waals surface area contributed by atoms with Crippen LogP contribution in [0.25, 0.3) is 0 Å². The van der Waals surface area contributed by atoms with E-state index in [9.17, 15) is 9.70 Å². The molecule has 0 amide bonds. The number of allylic oxidation sites excluding steroid dienone is 3. The van der Waals surface area contributed by atoms with Gasteiger partial charge in [-0.2, -0.15) is 4.57 Å². The molecule has 0 saturated heterocycles. The summed E-state index contributed by atoms with van der Waals surface area (Å²) < 4.78 is 7.61. The smallest absolute Gasteiger partial charge is 0.254 e. The van der Waals surface area contributed by atoms with E-state index in [0.717, 1.165) is 36.9 Å². The summed E-state index contributed by atoms with van der Waals surface area (Å²) in [5.74, 6) is 0.448. The predicted molar refractivity (Wildman–Crippen MR) is 101 cm³/mol. The fourth-order valence-electron chi connectivity index (χ4n) is 3.38. The molecule has 2 heterocycles. The molecule has 27 heavy (non-hydrogen) atoms. The van der Waals surface area contributed by atoms with Gasteiger partial charge in [-0.15, -0.1) is 4.91 Å². The van der Waals surface area contributed by atoms with Crippen molar-refractivity contribution < 1.29 is 14.1 Å². The Morgan fingerprint density at radius 2 is 2.04 bits per heavy atom. The van der Waals surface area contributed by atoms with Crippen LogP contribution in [0.2, 0.25) is 0 Å². The van der Waals surface area contributed by atoms with Crippen LogP contribution in [0.4, 0.5) is 0 Å². The fourth-order valence-corrected chi connectivity index (χ4v) is 3.38. The van der Waals surface area contributed by atoms with Crippen LogP contribution in [0.5, 0.6) is 0 Å². The van der Waals surface area contributed by atoms with Gasteiger partial charge in [0.15, 0.2) is 18.2 Å². The molecule has 7 heteroatoms. The predicted octanol–water partition coefficient (Wildman–Crippen LogP) is 3.17. The summed E-state index contributed by atoms with van der Waals surface area (Å²) in [6.07, 6.45) is 18.3. The van der Waals surface area contributed by atoms with Crippen molar-refractivity contribution in [2.24, 2.45) is 11.2 Å². The van der Waals surface area contributed by atoms with Crippen LogP contribution < -0.4 is 9.99 Å². The minimum Gasteiger partial charge on any atom is -0.323 e. The Kier molecular flexibility index (Phi) is 6.87. The van der Waals surface area contributed by atoms with Gasteiger partial charge in [-0.1, -0.05) is 25.3 Å². The van der Waals surface area contributed by atoms with Crippen LogP contribution >= 0.6 is 0 Å². The van der Waals surface area contributed by atoms with Crippen LogP contribution in [-0.4, -0.2) is 17.4 Å². The van der Waals surface area contributed by atoms with Crippen molar-refractivity contribution >= 4 is 5.78 Å². The highest BCUT2D eigenvalue weighted by Crippen LogP contribution is 2.26. The van der Waals surface area contributed by atoms with E-state index >= 15 is 0 Å². The first-order valence-corrected chi connectivity index (χ1v) is 9.28. The van der Waals surface area contributed by atoms with Gasteiger partial charge in [0.1, 0.15) is 6.73 Å². The number of hydrogen-bond acceptors (Lipinski definition) is 5. The van der Waals surface area contributed by atoms with Crippen molar-refractivity contribution in [1.82, 2.24) is 10.3 Å². The Morgan fingerprint density at radius 3 is 2.78 bits per heavy atom. The van der Waals surface area contributed by atoms with Crippen molar-refractivity contribution in [3.63, 3.8) is 0 Å². The number of rotatable bonds is 8. The first-order valence-electron chi connectivity index (χ1n) is 9.28. The molecule has 1 N–H and O–H groups in total. The van der Waals surface area contributed by atoms with E-state index in [1.807, 2.05) is 58.4 Å². The SMILES string of the molecule is O=NN/C=C1\C=CC=CN1COC[n+]1ccc(C(=O)C2CCCCC2)cc1. The second-order valence-electron chi connectivity index (χ2n) is 6.72. The van der Waals surface area contributed by atoms with Crippen LogP contribution in [0.1, 0.15) is 42.5 Å². The van der Waals surface area contributed by atoms with Gasteiger partial charge in [0.2, 0.25) is 0 Å². The summed E-state index contributed by atoms with van der Waals surface area (Å²) >= 11 is 0. The Bertz CT molecular complexity index is 734. The van der Waals surface area contributed by atoms with Gasteiger partial charge in [0.05, 0.1) is 11.0 Å². The Morgan fingerprint density at radius 1 is 1.26 bits per heavy atom. The summed E-state index contributed by atoms with van der Waals surface area (Å²) in [4.78, 5) is 24.6. The number of ketones is 1. The summed E-state index contributed by atoms with van der Waals surface area (Å²) in [6, 6.07) is 3.74. The van der Waals surface area contributed by atoms with Crippen LogP contribution in [-0.2, 0) is 11.5 Å². The lowest BCUT2D eigenvalue weighted by atomic mass is 9.84. The molecule has 0 aromatic carbocycles. The number of Topliss-reactive ketones (excluding diaryl/α,β-unsaturated/α-hetero) is 1. The van der Waals surface area contributed by atoms with Gasteiger partial charge < -0.3 is 9.64 Å². The van der Waals surface area contributed by atoms with Crippen molar-refractivity contribution in [3.8, 4) is 0 Å². The average Bonchev–Trinajstić information content (AvgIpc) is 2.73. The molecule has 2 aliphatic rings. The average molecular weight is 369 g/mol. The molecule has 1 aromatic heterocycles. The molecule has 0 unspecified atom stereocenters. The van der Waals surface area contributed by atoms with Crippen LogP contribution in [0.15, 0.2) is 66.1 Å². The third-order valence-corrected chi connectivity index (χ3v) is 4.86. The maximum absolute atomic E-state index is 12.6. The highest BCUT2D eigenvalue weighted by atomic mass is 16.5. The summed E-state index contributed by atoms with van der Waals surface area (Å²) in [7, 11) is 0. The quantitative estimate of drug-likeness (QED) is 0.330. The van der Waals surface area contributed by atoms with Crippen molar-refractivity contribution in [2.45, 2.75) is 38.8 Å². The number of nitrogens with one attached hydrogen (secondary N) is 1. The van der Waals surface area contributed by atoms with E-state index in [0.29, 0.717) is 13.5 Å². The van der Waals surface area contributed by atoms with Crippen molar-refractivity contribution in [3.05, 3.63) is 71.3 Å². The highest BCUT2D eigenvalue weighted by Gasteiger charge is 2.22. The number of ether oxygens (including phenoxy) is 1. The van der Waals surface area contributed by atoms with Gasteiger partial charge in [0, 0.05) is 36.0 Å². The maximum atomic E-state index is 12.6. The van der Waals surface area contributed by atoms with Gasteiger partial charge >= 0.3 is 0 Å². The second kappa shape index (κ2) is 9.78. The van der Waals surface area contributed by atoms with E-state index in [-0.39, 0.29) is 11.7 Å². The number of aromatic nitrogens is 1. The van der Waals surface area contributed by atoms with E-state index in [1.54, 1.807) is 0 Å². The van der Waals surface area contributed by atoms with E-state index in [2.05, 4.69) is 10.7 Å². The maximum Gasteiger partial charge on any atom is 0.254 e. The molecule has 3 rings (SSSR count). The molecule has 0 bridgehead atoms. The summed E-state index contributed by atoms with van der Waals surface area (Å²) in [6.45, 7) is 0.682. The van der Waals surface area contributed by atoms with E-state index < -0.39 is 0 Å². The molecular formula is C20H25N4O3+. The van der Waals surface area contributed by atoms with Gasteiger partial charge in [0.25, 0.3) is 6.73 Å². The first kappa shape index (κ1) is 19.0.